The number of hydrogen-bond donors (Lipinski definition) is 1. The van der Waals surface area contributed by atoms with Gasteiger partial charge in [0.15, 0.2) is 5.41 Å². The fraction of sp³-hybridized carbons (Fsp3) is 0.118. The maximum atomic E-state index is 10.9. The summed E-state index contributed by atoms with van der Waals surface area (Å²) in [4.78, 5) is 10.9. The Morgan fingerprint density at radius 2 is 1.57 bits per heavy atom. The Labute approximate surface area is 122 Å². The van der Waals surface area contributed by atoms with E-state index in [1.807, 2.05) is 30.3 Å². The van der Waals surface area contributed by atoms with Crippen LogP contribution < -0.4 is 0 Å². The summed E-state index contributed by atoms with van der Waals surface area (Å²) in [6, 6.07) is 19.3. The molecule has 102 valence electrons. The number of rotatable bonds is 4. The lowest BCUT2D eigenvalue weighted by molar-refractivity contribution is 0.0697. The van der Waals surface area contributed by atoms with Crippen molar-refractivity contribution in [2.24, 2.45) is 0 Å². The number of benzene rings is 2. The van der Waals surface area contributed by atoms with Crippen molar-refractivity contribution in [2.75, 3.05) is 0 Å². The van der Waals surface area contributed by atoms with Crippen molar-refractivity contribution in [1.29, 1.82) is 10.5 Å². The van der Waals surface area contributed by atoms with Gasteiger partial charge < -0.3 is 5.11 Å². The molecule has 0 aliphatic heterocycles. The highest BCUT2D eigenvalue weighted by molar-refractivity contribution is 5.87. The molecule has 0 saturated heterocycles. The largest absolute Gasteiger partial charge is 0.478 e. The molecular formula is C17H12N2O2. The summed E-state index contributed by atoms with van der Waals surface area (Å²) in [7, 11) is 0. The molecule has 2 aromatic carbocycles. The Bertz CT molecular complexity index is 708. The lowest BCUT2D eigenvalue weighted by Crippen LogP contribution is -2.25. The van der Waals surface area contributed by atoms with Gasteiger partial charge in [0.25, 0.3) is 0 Å². The standard InChI is InChI=1S/C17H12N2O2/c18-11-17(12-19,10-13-4-2-1-3-5-13)15-8-6-14(7-9-15)16(20)21/h1-9H,10H2,(H,20,21). The van der Waals surface area contributed by atoms with E-state index in [0.29, 0.717) is 5.56 Å². The average molecular weight is 276 g/mol. The van der Waals surface area contributed by atoms with Crippen LogP contribution in [0.4, 0.5) is 0 Å². The Kier molecular flexibility index (Phi) is 4.02. The molecule has 0 aromatic heterocycles. The van der Waals surface area contributed by atoms with E-state index in [0.717, 1.165) is 5.56 Å². The molecule has 0 aliphatic carbocycles. The summed E-state index contributed by atoms with van der Waals surface area (Å²) >= 11 is 0. The van der Waals surface area contributed by atoms with Gasteiger partial charge in [-0.05, 0) is 23.3 Å². The van der Waals surface area contributed by atoms with Gasteiger partial charge in [0, 0.05) is 6.42 Å². The molecule has 0 aliphatic rings. The maximum Gasteiger partial charge on any atom is 0.335 e. The number of carbonyl (C=O) groups is 1. The Balaban J connectivity index is 2.41. The van der Waals surface area contributed by atoms with Crippen molar-refractivity contribution < 1.29 is 9.90 Å². The van der Waals surface area contributed by atoms with Crippen molar-refractivity contribution in [3.8, 4) is 12.1 Å². The van der Waals surface area contributed by atoms with Gasteiger partial charge in [-0.3, -0.25) is 0 Å². The fourth-order valence-corrected chi connectivity index (χ4v) is 2.13. The van der Waals surface area contributed by atoms with Crippen LogP contribution in [0.2, 0.25) is 0 Å². The van der Waals surface area contributed by atoms with Gasteiger partial charge >= 0.3 is 5.97 Å². The number of carboxylic acids is 1. The number of hydrogen-bond acceptors (Lipinski definition) is 3. The van der Waals surface area contributed by atoms with E-state index in [4.69, 9.17) is 5.11 Å². The first kappa shape index (κ1) is 14.3. The van der Waals surface area contributed by atoms with Crippen LogP contribution in [0.1, 0.15) is 21.5 Å². The summed E-state index contributed by atoms with van der Waals surface area (Å²) in [6.45, 7) is 0. The summed E-state index contributed by atoms with van der Waals surface area (Å²) in [5, 5.41) is 27.9. The summed E-state index contributed by atoms with van der Waals surface area (Å²) in [5.74, 6) is -1.04. The van der Waals surface area contributed by atoms with E-state index in [2.05, 4.69) is 12.1 Å². The summed E-state index contributed by atoms with van der Waals surface area (Å²) in [5.41, 5.74) is 0.186. The van der Waals surface area contributed by atoms with Crippen LogP contribution in [0, 0.1) is 22.7 Å². The average Bonchev–Trinajstić information content (AvgIpc) is 2.54. The highest BCUT2D eigenvalue weighted by atomic mass is 16.4. The topological polar surface area (TPSA) is 84.9 Å². The van der Waals surface area contributed by atoms with Gasteiger partial charge in [0.05, 0.1) is 17.7 Å². The second-order valence-electron chi connectivity index (χ2n) is 4.67. The van der Waals surface area contributed by atoms with Crippen LogP contribution in [0.25, 0.3) is 0 Å². The first-order valence-electron chi connectivity index (χ1n) is 6.31. The lowest BCUT2D eigenvalue weighted by Gasteiger charge is -2.19. The van der Waals surface area contributed by atoms with Crippen LogP contribution in [0.15, 0.2) is 54.6 Å². The quantitative estimate of drug-likeness (QED) is 0.930. The van der Waals surface area contributed by atoms with Crippen LogP contribution >= 0.6 is 0 Å². The minimum atomic E-state index is -1.32. The molecule has 4 nitrogen and oxygen atoms in total. The van der Waals surface area contributed by atoms with E-state index in [1.54, 1.807) is 0 Å². The monoisotopic (exact) mass is 276 g/mol. The zero-order valence-electron chi connectivity index (χ0n) is 11.2. The Morgan fingerprint density at radius 1 is 1.00 bits per heavy atom. The Morgan fingerprint density at radius 3 is 2.05 bits per heavy atom. The third-order valence-electron chi connectivity index (χ3n) is 3.32. The van der Waals surface area contributed by atoms with Gasteiger partial charge in [-0.25, -0.2) is 4.79 Å². The van der Waals surface area contributed by atoms with Crippen LogP contribution in [0.5, 0.6) is 0 Å². The van der Waals surface area contributed by atoms with Gasteiger partial charge in [-0.2, -0.15) is 10.5 Å². The maximum absolute atomic E-state index is 10.9. The number of aromatic carboxylic acids is 1. The van der Waals surface area contributed by atoms with Gasteiger partial charge in [0.1, 0.15) is 0 Å². The predicted molar refractivity (Wildman–Crippen MR) is 76.5 cm³/mol. The summed E-state index contributed by atoms with van der Waals surface area (Å²) < 4.78 is 0. The molecule has 0 unspecified atom stereocenters. The van der Waals surface area contributed by atoms with Crippen LogP contribution in [-0.2, 0) is 11.8 Å². The molecule has 4 heteroatoms. The van der Waals surface area contributed by atoms with Crippen molar-refractivity contribution in [3.63, 3.8) is 0 Å². The predicted octanol–water partition coefficient (Wildman–Crippen LogP) is 2.91. The van der Waals surface area contributed by atoms with E-state index < -0.39 is 11.4 Å². The molecule has 2 aromatic rings. The Hall–Kier alpha value is -3.11. The SMILES string of the molecule is N#CC(C#N)(Cc1ccccc1)c1ccc(C(=O)O)cc1. The highest BCUT2D eigenvalue weighted by Crippen LogP contribution is 2.28. The van der Waals surface area contributed by atoms with E-state index in [9.17, 15) is 15.3 Å². The molecule has 0 spiro atoms. The normalized spacial score (nSPS) is 10.4. The highest BCUT2D eigenvalue weighted by Gasteiger charge is 2.33. The molecule has 0 atom stereocenters. The first-order valence-corrected chi connectivity index (χ1v) is 6.31. The molecule has 0 amide bonds. The molecule has 0 saturated carbocycles. The van der Waals surface area contributed by atoms with Crippen molar-refractivity contribution >= 4 is 5.97 Å². The molecule has 1 N–H and O–H groups in total. The minimum Gasteiger partial charge on any atom is -0.478 e. The number of nitriles is 2. The number of nitrogens with zero attached hydrogens (tertiary/aromatic N) is 2. The van der Waals surface area contributed by atoms with Crippen molar-refractivity contribution in [1.82, 2.24) is 0 Å². The number of carboxylic acid groups (broad SMARTS) is 1. The molecule has 0 radical (unpaired) electrons. The fourth-order valence-electron chi connectivity index (χ4n) is 2.13. The smallest absolute Gasteiger partial charge is 0.335 e. The summed E-state index contributed by atoms with van der Waals surface area (Å²) in [6.07, 6.45) is 0.257. The van der Waals surface area contributed by atoms with Crippen LogP contribution in [-0.4, -0.2) is 11.1 Å². The van der Waals surface area contributed by atoms with E-state index >= 15 is 0 Å². The molecular weight excluding hydrogens is 264 g/mol. The zero-order chi connectivity index (χ0) is 15.3. The molecule has 21 heavy (non-hydrogen) atoms. The molecule has 0 fully saturated rings. The molecule has 2 rings (SSSR count). The first-order chi connectivity index (χ1) is 10.1. The van der Waals surface area contributed by atoms with Gasteiger partial charge in [-0.15, -0.1) is 0 Å². The molecule has 0 bridgehead atoms. The second kappa shape index (κ2) is 5.90. The van der Waals surface area contributed by atoms with E-state index in [-0.39, 0.29) is 12.0 Å². The van der Waals surface area contributed by atoms with Gasteiger partial charge in [-0.1, -0.05) is 42.5 Å². The van der Waals surface area contributed by atoms with Gasteiger partial charge in [0.2, 0.25) is 0 Å². The van der Waals surface area contributed by atoms with Crippen molar-refractivity contribution in [2.45, 2.75) is 11.8 Å². The second-order valence-corrected chi connectivity index (χ2v) is 4.67. The third-order valence-corrected chi connectivity index (χ3v) is 3.32. The lowest BCUT2D eigenvalue weighted by atomic mass is 9.78. The third kappa shape index (κ3) is 2.91. The molecule has 0 heterocycles. The van der Waals surface area contributed by atoms with Crippen molar-refractivity contribution in [3.05, 3.63) is 71.3 Å². The van der Waals surface area contributed by atoms with E-state index in [1.165, 1.54) is 24.3 Å². The minimum absolute atomic E-state index is 0.128. The van der Waals surface area contributed by atoms with Crippen LogP contribution in [0.3, 0.4) is 0 Å². The zero-order valence-corrected chi connectivity index (χ0v) is 11.2.